The standard InChI is InChI=1S/C4H7NO4.2C4H6NO4.K.Mg/c3*5-2(4(8)9)1-3(6)7;;/h2H,1,5H2,(H,6,7)(H,8,9);2*2,5H,1H2,(H,6,7)(H,8,9);;/q;2*-1;+1;+2/p-3/t3*2-;;/m000../s1. The Balaban J connectivity index is -0.0000000524. The van der Waals surface area contributed by atoms with Gasteiger partial charge in [-0.3, -0.25) is 4.79 Å². The fourth-order valence-electron chi connectivity index (χ4n) is 0.767. The van der Waals surface area contributed by atoms with Gasteiger partial charge in [0.05, 0.1) is 0 Å². The summed E-state index contributed by atoms with van der Waals surface area (Å²) >= 11 is 0. The summed E-state index contributed by atoms with van der Waals surface area (Å²) in [5.41, 5.74) is 17.7. The zero-order valence-electron chi connectivity index (χ0n) is 17.1. The van der Waals surface area contributed by atoms with Gasteiger partial charge in [0.1, 0.15) is 6.04 Å². The average Bonchev–Trinajstić information content (AvgIpc) is 2.46. The molecule has 0 aromatic carbocycles. The van der Waals surface area contributed by atoms with Crippen LogP contribution >= 0.6 is 0 Å². The second-order valence-electron chi connectivity index (χ2n) is 4.42. The molecule has 15 nitrogen and oxygen atoms in total. The summed E-state index contributed by atoms with van der Waals surface area (Å²) in [6, 6.07) is -4.78. The van der Waals surface area contributed by atoms with Crippen LogP contribution in [0.25, 0.3) is 11.5 Å². The molecule has 0 saturated carbocycles. The summed E-state index contributed by atoms with van der Waals surface area (Å²) in [5, 5.41) is 56.1. The number of carboxylic acid groups (broad SMARTS) is 6. The smallest absolute Gasteiger partial charge is 0.670 e. The molecule has 0 spiro atoms. The Kier molecular flexibility index (Phi) is 29.1. The molecule has 0 fully saturated rings. The van der Waals surface area contributed by atoms with Gasteiger partial charge in [-0.15, -0.1) is 0 Å². The van der Waals surface area contributed by atoms with E-state index in [1.54, 1.807) is 0 Å². The monoisotopic (exact) mass is 457 g/mol. The Morgan fingerprint density at radius 3 is 1.07 bits per heavy atom. The summed E-state index contributed by atoms with van der Waals surface area (Å²) in [6.07, 6.45) is -2.28. The van der Waals surface area contributed by atoms with Gasteiger partial charge in [-0.25, -0.2) is 0 Å². The van der Waals surface area contributed by atoms with E-state index in [0.717, 1.165) is 0 Å². The maximum Gasteiger partial charge on any atom is 2.00 e. The topological polar surface area (TPSA) is 312 Å². The van der Waals surface area contributed by atoms with Crippen molar-refractivity contribution in [1.29, 1.82) is 0 Å². The third kappa shape index (κ3) is 32.0. The summed E-state index contributed by atoms with van der Waals surface area (Å²) in [7, 11) is 0. The maximum absolute atomic E-state index is 9.82. The van der Waals surface area contributed by atoms with Crippen molar-refractivity contribution in [2.24, 2.45) is 5.73 Å². The number of hydrogen-bond donors (Lipinski definition) is 2. The number of carbonyl (C=O) groups excluding carboxylic acids is 5. The van der Waals surface area contributed by atoms with Crippen LogP contribution < -0.4 is 82.7 Å². The van der Waals surface area contributed by atoms with Crippen LogP contribution in [-0.2, 0) is 28.8 Å². The summed E-state index contributed by atoms with van der Waals surface area (Å²) in [5.74, 6) is -9.29. The first-order chi connectivity index (χ1) is 12.1. The van der Waals surface area contributed by atoms with Crippen LogP contribution in [0.2, 0.25) is 0 Å². The van der Waals surface area contributed by atoms with Crippen LogP contribution in [0.15, 0.2) is 0 Å². The first-order valence-corrected chi connectivity index (χ1v) is 6.53. The van der Waals surface area contributed by atoms with Crippen molar-refractivity contribution < 1.29 is 114 Å². The van der Waals surface area contributed by atoms with E-state index < -0.39 is 73.2 Å². The van der Waals surface area contributed by atoms with Crippen LogP contribution in [0.5, 0.6) is 0 Å². The van der Waals surface area contributed by atoms with Gasteiger partial charge in [0.2, 0.25) is 0 Å². The molecule has 5 N–H and O–H groups in total. The van der Waals surface area contributed by atoms with Crippen molar-refractivity contribution >= 4 is 58.9 Å². The largest absolute Gasteiger partial charge is 2.00 e. The third-order valence-corrected chi connectivity index (χ3v) is 2.01. The predicted molar refractivity (Wildman–Crippen MR) is 78.7 cm³/mol. The molecule has 0 bridgehead atoms. The zero-order valence-corrected chi connectivity index (χ0v) is 19.6. The van der Waals surface area contributed by atoms with Crippen molar-refractivity contribution in [3.05, 3.63) is 11.5 Å². The van der Waals surface area contributed by atoms with Gasteiger partial charge < -0.3 is 71.8 Å². The van der Waals surface area contributed by atoms with E-state index in [4.69, 9.17) is 22.3 Å². The normalized spacial score (nSPS) is 11.7. The van der Waals surface area contributed by atoms with Gasteiger partial charge in [0, 0.05) is 36.3 Å². The molecule has 0 aliphatic carbocycles. The molecule has 3 atom stereocenters. The van der Waals surface area contributed by atoms with E-state index in [2.05, 4.69) is 0 Å². The first kappa shape index (κ1) is 38.7. The fraction of sp³-hybridized carbons (Fsp3) is 0.500. The second kappa shape index (κ2) is 21.8. The van der Waals surface area contributed by atoms with Crippen molar-refractivity contribution in [2.75, 3.05) is 0 Å². The maximum atomic E-state index is 9.82. The number of nitrogens with one attached hydrogen (secondary N) is 2. The summed E-state index contributed by atoms with van der Waals surface area (Å²) < 4.78 is 0. The number of hydrogen-bond acceptors (Lipinski definition) is 12. The molecular formula is C12H16KMgN3O12-2. The van der Waals surface area contributed by atoms with E-state index in [1.807, 2.05) is 0 Å². The Morgan fingerprint density at radius 1 is 0.759 bits per heavy atom. The minimum absolute atomic E-state index is 0. The van der Waals surface area contributed by atoms with E-state index in [9.17, 15) is 54.3 Å². The number of carbonyl (C=O) groups is 6. The Labute approximate surface area is 225 Å². The Hall–Kier alpha value is -0.897. The van der Waals surface area contributed by atoms with Crippen molar-refractivity contribution in [3.63, 3.8) is 0 Å². The molecule has 0 heterocycles. The molecule has 29 heavy (non-hydrogen) atoms. The van der Waals surface area contributed by atoms with Crippen LogP contribution in [0.3, 0.4) is 0 Å². The van der Waals surface area contributed by atoms with Crippen LogP contribution in [0.4, 0.5) is 0 Å². The van der Waals surface area contributed by atoms with Gasteiger partial charge >= 0.3 is 83.3 Å². The van der Waals surface area contributed by atoms with Gasteiger partial charge in [-0.1, -0.05) is 12.1 Å². The molecule has 0 radical (unpaired) electrons. The van der Waals surface area contributed by atoms with Crippen molar-refractivity contribution in [3.8, 4) is 0 Å². The molecule has 0 saturated heterocycles. The number of carboxylic acids is 6. The molecule has 17 heteroatoms. The quantitative estimate of drug-likeness (QED) is 0.304. The molecule has 156 valence electrons. The third-order valence-electron chi connectivity index (χ3n) is 2.01. The van der Waals surface area contributed by atoms with E-state index in [0.29, 0.717) is 0 Å². The van der Waals surface area contributed by atoms with Gasteiger partial charge in [-0.05, 0) is 12.8 Å². The molecule has 0 aromatic heterocycles. The van der Waals surface area contributed by atoms with Gasteiger partial charge in [-0.2, -0.15) is 0 Å². The molecular weight excluding hydrogens is 442 g/mol. The van der Waals surface area contributed by atoms with E-state index >= 15 is 0 Å². The van der Waals surface area contributed by atoms with Crippen LogP contribution in [-0.4, -0.2) is 82.1 Å². The number of aliphatic carboxylic acids is 6. The molecule has 0 aliphatic heterocycles. The van der Waals surface area contributed by atoms with Crippen molar-refractivity contribution in [1.82, 2.24) is 0 Å². The minimum atomic E-state index is -1.71. The first-order valence-electron chi connectivity index (χ1n) is 6.53. The van der Waals surface area contributed by atoms with E-state index in [1.165, 1.54) is 0 Å². The Bertz CT molecular complexity index is 497. The Morgan fingerprint density at radius 2 is 1.00 bits per heavy atom. The molecule has 0 amide bonds. The predicted octanol–water partition coefficient (Wildman–Crippen LogP) is -11.0. The fourth-order valence-corrected chi connectivity index (χ4v) is 0.767. The van der Waals surface area contributed by atoms with Crippen LogP contribution in [0, 0.1) is 0 Å². The SMILES string of the molecule is N[C@@H](CC(=O)[O-])C(=O)O.[H+].[H+].[K+].[Mg+2].[NH-][C@@H](CC(=O)[O-])C(=O)[O-].[NH-][C@@H](CC(=O)[O-])C(=O)[O-]. The molecule has 0 rings (SSSR count). The van der Waals surface area contributed by atoms with Gasteiger partial charge in [0.25, 0.3) is 0 Å². The number of nitrogens with two attached hydrogens (primary N) is 1. The van der Waals surface area contributed by atoms with Gasteiger partial charge in [0.15, 0.2) is 0 Å². The van der Waals surface area contributed by atoms with Crippen LogP contribution in [0.1, 0.15) is 22.1 Å². The molecule has 0 aliphatic rings. The number of rotatable bonds is 9. The summed E-state index contributed by atoms with van der Waals surface area (Å²) in [4.78, 5) is 58.0. The minimum Gasteiger partial charge on any atom is -0.670 e. The average molecular weight is 458 g/mol. The second-order valence-corrected chi connectivity index (χ2v) is 4.42. The zero-order chi connectivity index (χ0) is 22.3. The summed E-state index contributed by atoms with van der Waals surface area (Å²) in [6.45, 7) is 0. The van der Waals surface area contributed by atoms with Crippen molar-refractivity contribution in [2.45, 2.75) is 37.4 Å². The molecule has 0 unspecified atom stereocenters. The molecule has 0 aromatic rings. The van der Waals surface area contributed by atoms with E-state index in [-0.39, 0.29) is 77.3 Å².